The van der Waals surface area contributed by atoms with Gasteiger partial charge in [-0.3, -0.25) is 4.79 Å². The van der Waals surface area contributed by atoms with Crippen molar-refractivity contribution in [2.75, 3.05) is 38.1 Å². The minimum atomic E-state index is 0. The van der Waals surface area contributed by atoms with Crippen molar-refractivity contribution >= 4 is 36.5 Å². The number of aryl methyl sites for hydroxylation is 1. The topological polar surface area (TPSA) is 61.4 Å². The van der Waals surface area contributed by atoms with Crippen molar-refractivity contribution in [3.8, 4) is 0 Å². The van der Waals surface area contributed by atoms with Crippen LogP contribution in [-0.4, -0.2) is 60.3 Å². The Morgan fingerprint density at radius 2 is 1.85 bits per heavy atom. The highest BCUT2D eigenvalue weighted by atomic mass is 35.5. The molecule has 1 saturated carbocycles. The minimum absolute atomic E-state index is 0. The van der Waals surface area contributed by atoms with Gasteiger partial charge in [0.15, 0.2) is 5.82 Å². The van der Waals surface area contributed by atoms with E-state index in [9.17, 15) is 4.79 Å². The summed E-state index contributed by atoms with van der Waals surface area (Å²) in [6, 6.07) is 4.47. The number of aromatic nitrogens is 2. The van der Waals surface area contributed by atoms with Crippen molar-refractivity contribution in [3.63, 3.8) is 0 Å². The molecule has 0 bridgehead atoms. The summed E-state index contributed by atoms with van der Waals surface area (Å²) in [7, 11) is 2.09. The molecule has 1 amide bonds. The van der Waals surface area contributed by atoms with E-state index in [1.54, 1.807) is 0 Å². The molecule has 152 valence electrons. The molecule has 1 aliphatic carbocycles. The maximum absolute atomic E-state index is 12.9. The van der Waals surface area contributed by atoms with Crippen LogP contribution in [0.15, 0.2) is 12.1 Å². The highest BCUT2D eigenvalue weighted by Crippen LogP contribution is 2.59. The van der Waals surface area contributed by atoms with E-state index in [1.807, 2.05) is 19.1 Å². The molecule has 3 heterocycles. The maximum atomic E-state index is 12.9. The molecule has 6 nitrogen and oxygen atoms in total. The zero-order chi connectivity index (χ0) is 17.4. The molecular formula is C19H31Cl2N5O. The second-order valence-corrected chi connectivity index (χ2v) is 8.07. The molecule has 2 aliphatic heterocycles. The van der Waals surface area contributed by atoms with Gasteiger partial charge >= 0.3 is 0 Å². The largest absolute Gasteiger partial charge is 0.355 e. The predicted molar refractivity (Wildman–Crippen MR) is 112 cm³/mol. The number of rotatable bonds is 3. The Balaban J connectivity index is 0.00000131. The Hall–Kier alpha value is -1.11. The highest BCUT2D eigenvalue weighted by molar-refractivity contribution is 5.85. The summed E-state index contributed by atoms with van der Waals surface area (Å²) in [5, 5.41) is 11.9. The van der Waals surface area contributed by atoms with Gasteiger partial charge in [0.25, 0.3) is 0 Å². The van der Waals surface area contributed by atoms with E-state index < -0.39 is 0 Å². The Morgan fingerprint density at radius 3 is 2.44 bits per heavy atom. The molecule has 3 fully saturated rings. The number of hydrogen-bond donors (Lipinski definition) is 1. The molecule has 2 saturated heterocycles. The summed E-state index contributed by atoms with van der Waals surface area (Å²) in [5.41, 5.74) is 1.28. The fraction of sp³-hybridized carbons (Fsp3) is 0.737. The van der Waals surface area contributed by atoms with Gasteiger partial charge < -0.3 is 15.1 Å². The number of anilines is 1. The third-order valence-electron chi connectivity index (χ3n) is 6.56. The third kappa shape index (κ3) is 4.49. The van der Waals surface area contributed by atoms with E-state index in [0.29, 0.717) is 23.3 Å². The molecule has 27 heavy (non-hydrogen) atoms. The molecule has 1 aromatic rings. The van der Waals surface area contributed by atoms with Gasteiger partial charge in [0.05, 0.1) is 5.69 Å². The molecular weight excluding hydrogens is 385 g/mol. The number of nitrogens with one attached hydrogen (secondary N) is 1. The Kier molecular flexibility index (Phi) is 7.33. The van der Waals surface area contributed by atoms with Crippen LogP contribution in [0.4, 0.5) is 5.82 Å². The van der Waals surface area contributed by atoms with Crippen LogP contribution in [0.25, 0.3) is 0 Å². The van der Waals surface area contributed by atoms with Gasteiger partial charge in [0.1, 0.15) is 0 Å². The Bertz CT molecular complexity index is 627. The molecule has 0 radical (unpaired) electrons. The van der Waals surface area contributed by atoms with Crippen LogP contribution < -0.4 is 10.2 Å². The molecule has 1 unspecified atom stereocenters. The number of amides is 1. The van der Waals surface area contributed by atoms with Gasteiger partial charge in [-0.2, -0.15) is 5.10 Å². The van der Waals surface area contributed by atoms with Crippen LogP contribution in [0.3, 0.4) is 0 Å². The lowest BCUT2D eigenvalue weighted by atomic mass is 9.91. The zero-order valence-corrected chi connectivity index (χ0v) is 17.8. The molecule has 8 heteroatoms. The molecule has 1 N–H and O–H groups in total. The normalized spacial score (nSPS) is 23.9. The van der Waals surface area contributed by atoms with E-state index in [-0.39, 0.29) is 24.8 Å². The summed E-state index contributed by atoms with van der Waals surface area (Å²) >= 11 is 0. The van der Waals surface area contributed by atoms with E-state index >= 15 is 0 Å². The number of piperidine rings is 2. The van der Waals surface area contributed by atoms with Crippen LogP contribution in [0, 0.1) is 18.3 Å². The fourth-order valence-electron chi connectivity index (χ4n) is 4.64. The second-order valence-electron chi connectivity index (χ2n) is 8.07. The summed E-state index contributed by atoms with van der Waals surface area (Å²) in [4.78, 5) is 17.2. The molecule has 1 aromatic heterocycles. The minimum Gasteiger partial charge on any atom is -0.355 e. The maximum Gasteiger partial charge on any atom is 0.226 e. The van der Waals surface area contributed by atoms with Crippen molar-refractivity contribution in [3.05, 3.63) is 17.8 Å². The number of halogens is 2. The van der Waals surface area contributed by atoms with Gasteiger partial charge in [-0.1, -0.05) is 0 Å². The van der Waals surface area contributed by atoms with Crippen LogP contribution in [-0.2, 0) is 4.79 Å². The van der Waals surface area contributed by atoms with Crippen molar-refractivity contribution in [1.29, 1.82) is 0 Å². The van der Waals surface area contributed by atoms with Crippen LogP contribution in [0.2, 0.25) is 0 Å². The SMILES string of the molecule is Cc1ccc(N(C)C2CCN(C(=O)C3CC34CCNCC4)CC2)nn1.Cl.Cl. The van der Waals surface area contributed by atoms with E-state index in [2.05, 4.69) is 32.4 Å². The number of likely N-dealkylation sites (tertiary alicyclic amines) is 1. The van der Waals surface area contributed by atoms with Crippen molar-refractivity contribution in [2.24, 2.45) is 11.3 Å². The van der Waals surface area contributed by atoms with E-state index in [0.717, 1.165) is 57.0 Å². The van der Waals surface area contributed by atoms with Gasteiger partial charge in [-0.15, -0.1) is 29.9 Å². The number of nitrogens with zero attached hydrogens (tertiary/aromatic N) is 4. The molecule has 0 aromatic carbocycles. The average molecular weight is 416 g/mol. The van der Waals surface area contributed by atoms with E-state index in [4.69, 9.17) is 0 Å². The summed E-state index contributed by atoms with van der Waals surface area (Å²) in [6.45, 7) is 5.85. The van der Waals surface area contributed by atoms with Crippen LogP contribution in [0.5, 0.6) is 0 Å². The smallest absolute Gasteiger partial charge is 0.226 e. The number of carbonyl (C=O) groups is 1. The van der Waals surface area contributed by atoms with Gasteiger partial charge in [-0.25, -0.2) is 0 Å². The lowest BCUT2D eigenvalue weighted by Gasteiger charge is -2.37. The van der Waals surface area contributed by atoms with Crippen LogP contribution >= 0.6 is 24.8 Å². The molecule has 4 rings (SSSR count). The quantitative estimate of drug-likeness (QED) is 0.820. The third-order valence-corrected chi connectivity index (χ3v) is 6.56. The number of carbonyl (C=O) groups excluding carboxylic acids is 1. The number of hydrogen-bond acceptors (Lipinski definition) is 5. The molecule has 3 aliphatic rings. The zero-order valence-electron chi connectivity index (χ0n) is 16.2. The summed E-state index contributed by atoms with van der Waals surface area (Å²) in [6.07, 6.45) is 5.49. The first-order valence-electron chi connectivity index (χ1n) is 9.62. The van der Waals surface area contributed by atoms with E-state index in [1.165, 1.54) is 12.8 Å². The monoisotopic (exact) mass is 415 g/mol. The first-order valence-corrected chi connectivity index (χ1v) is 9.62. The van der Waals surface area contributed by atoms with Crippen molar-refractivity contribution in [1.82, 2.24) is 20.4 Å². The highest BCUT2D eigenvalue weighted by Gasteiger charge is 2.58. The van der Waals surface area contributed by atoms with Gasteiger partial charge in [-0.05, 0) is 69.7 Å². The first-order chi connectivity index (χ1) is 12.1. The lowest BCUT2D eigenvalue weighted by molar-refractivity contribution is -0.134. The van der Waals surface area contributed by atoms with Crippen molar-refractivity contribution in [2.45, 2.75) is 45.1 Å². The standard InChI is InChI=1S/C19H29N5O.2ClH/c1-14-3-4-17(22-21-14)23(2)15-5-11-24(12-6-15)18(25)16-13-19(16)7-9-20-10-8-19;;/h3-4,15-16,20H,5-13H2,1-2H3;2*1H. The first kappa shape index (κ1) is 22.2. The van der Waals surface area contributed by atoms with Crippen LogP contribution in [0.1, 0.15) is 37.8 Å². The Morgan fingerprint density at radius 1 is 1.19 bits per heavy atom. The fourth-order valence-corrected chi connectivity index (χ4v) is 4.64. The van der Waals surface area contributed by atoms with Gasteiger partial charge in [0, 0.05) is 32.1 Å². The predicted octanol–water partition coefficient (Wildman–Crippen LogP) is 2.45. The van der Waals surface area contributed by atoms with Crippen molar-refractivity contribution < 1.29 is 4.79 Å². The summed E-state index contributed by atoms with van der Waals surface area (Å²) < 4.78 is 0. The average Bonchev–Trinajstić information content (AvgIpc) is 3.34. The van der Waals surface area contributed by atoms with Gasteiger partial charge in [0.2, 0.25) is 5.91 Å². The molecule has 1 spiro atoms. The summed E-state index contributed by atoms with van der Waals surface area (Å²) in [5.74, 6) is 1.64. The lowest BCUT2D eigenvalue weighted by Crippen LogP contribution is -2.47. The Labute approximate surface area is 174 Å². The molecule has 1 atom stereocenters. The second kappa shape index (κ2) is 8.93.